The predicted octanol–water partition coefficient (Wildman–Crippen LogP) is 2.39. The van der Waals surface area contributed by atoms with Gasteiger partial charge in [-0.3, -0.25) is 0 Å². The standard InChI is InChI=1S/C14H16FN3O3/c1-8(15)9-5-11-12(20-4-2-3-19-11)6-10(9)14-17-13(7-16)21-18-14/h5-6,8H,2-4,7,16H2,1H3. The minimum Gasteiger partial charge on any atom is -0.490 e. The quantitative estimate of drug-likeness (QED) is 0.935. The molecule has 0 aliphatic carbocycles. The van der Waals surface area contributed by atoms with E-state index in [1.165, 1.54) is 6.92 Å². The van der Waals surface area contributed by atoms with Crippen LogP contribution in [0.15, 0.2) is 16.7 Å². The molecule has 0 saturated carbocycles. The van der Waals surface area contributed by atoms with Gasteiger partial charge in [0.25, 0.3) is 0 Å². The summed E-state index contributed by atoms with van der Waals surface area (Å²) >= 11 is 0. The van der Waals surface area contributed by atoms with Crippen LogP contribution in [0.5, 0.6) is 11.5 Å². The summed E-state index contributed by atoms with van der Waals surface area (Å²) < 4.78 is 30.1. The van der Waals surface area contributed by atoms with Gasteiger partial charge in [-0.1, -0.05) is 5.16 Å². The molecule has 1 aliphatic rings. The first-order valence-electron chi connectivity index (χ1n) is 6.79. The average molecular weight is 293 g/mol. The Bertz CT molecular complexity index is 642. The summed E-state index contributed by atoms with van der Waals surface area (Å²) in [7, 11) is 0. The van der Waals surface area contributed by atoms with Crippen molar-refractivity contribution < 1.29 is 18.4 Å². The highest BCUT2D eigenvalue weighted by Gasteiger charge is 2.21. The van der Waals surface area contributed by atoms with E-state index in [2.05, 4.69) is 10.1 Å². The Balaban J connectivity index is 2.11. The number of alkyl halides is 1. The summed E-state index contributed by atoms with van der Waals surface area (Å²) in [5.74, 6) is 1.70. The van der Waals surface area contributed by atoms with Crippen LogP contribution in [-0.2, 0) is 6.54 Å². The highest BCUT2D eigenvalue weighted by atomic mass is 19.1. The molecule has 1 unspecified atom stereocenters. The molecule has 7 heteroatoms. The summed E-state index contributed by atoms with van der Waals surface area (Å²) in [6.45, 7) is 2.69. The van der Waals surface area contributed by atoms with Gasteiger partial charge in [0.15, 0.2) is 11.5 Å². The maximum absolute atomic E-state index is 13.9. The Morgan fingerprint density at radius 1 is 1.29 bits per heavy atom. The molecule has 1 atom stereocenters. The van der Waals surface area contributed by atoms with Crippen molar-refractivity contribution in [2.24, 2.45) is 5.73 Å². The van der Waals surface area contributed by atoms with Crippen LogP contribution >= 0.6 is 0 Å². The SMILES string of the molecule is CC(F)c1cc2c(cc1-c1noc(CN)n1)OCCCO2. The monoisotopic (exact) mass is 293 g/mol. The molecule has 0 saturated heterocycles. The molecule has 0 bridgehead atoms. The number of aromatic nitrogens is 2. The Morgan fingerprint density at radius 2 is 2.00 bits per heavy atom. The van der Waals surface area contributed by atoms with Crippen molar-refractivity contribution >= 4 is 0 Å². The summed E-state index contributed by atoms with van der Waals surface area (Å²) in [6, 6.07) is 3.33. The van der Waals surface area contributed by atoms with Crippen LogP contribution in [0.1, 0.15) is 31.0 Å². The lowest BCUT2D eigenvalue weighted by Crippen LogP contribution is -1.99. The van der Waals surface area contributed by atoms with Gasteiger partial charge in [0, 0.05) is 17.5 Å². The maximum Gasteiger partial charge on any atom is 0.240 e. The van der Waals surface area contributed by atoms with Crippen molar-refractivity contribution in [1.82, 2.24) is 10.1 Å². The number of halogens is 1. The van der Waals surface area contributed by atoms with E-state index in [1.807, 2.05) is 0 Å². The van der Waals surface area contributed by atoms with Gasteiger partial charge in [0.2, 0.25) is 11.7 Å². The van der Waals surface area contributed by atoms with Gasteiger partial charge in [0.05, 0.1) is 19.8 Å². The molecule has 0 amide bonds. The zero-order chi connectivity index (χ0) is 14.8. The third-order valence-corrected chi connectivity index (χ3v) is 3.23. The maximum atomic E-state index is 13.9. The Kier molecular flexibility index (Phi) is 3.74. The molecule has 2 aromatic rings. The van der Waals surface area contributed by atoms with Crippen LogP contribution in [0, 0.1) is 0 Å². The van der Waals surface area contributed by atoms with E-state index in [9.17, 15) is 4.39 Å². The summed E-state index contributed by atoms with van der Waals surface area (Å²) in [4.78, 5) is 4.15. The molecule has 1 aliphatic heterocycles. The van der Waals surface area contributed by atoms with E-state index >= 15 is 0 Å². The number of nitrogens with zero attached hydrogens (tertiary/aromatic N) is 2. The van der Waals surface area contributed by atoms with Gasteiger partial charge < -0.3 is 19.7 Å². The topological polar surface area (TPSA) is 83.4 Å². The highest BCUT2D eigenvalue weighted by molar-refractivity contribution is 5.66. The second kappa shape index (κ2) is 5.69. The normalized spacial score (nSPS) is 15.6. The Hall–Kier alpha value is -2.15. The zero-order valence-electron chi connectivity index (χ0n) is 11.6. The number of nitrogens with two attached hydrogens (primary N) is 1. The lowest BCUT2D eigenvalue weighted by atomic mass is 10.0. The van der Waals surface area contributed by atoms with Gasteiger partial charge in [-0.15, -0.1) is 0 Å². The molecule has 3 rings (SSSR count). The van der Waals surface area contributed by atoms with Gasteiger partial charge >= 0.3 is 0 Å². The molecule has 21 heavy (non-hydrogen) atoms. The fraction of sp³-hybridized carbons (Fsp3) is 0.429. The van der Waals surface area contributed by atoms with E-state index in [4.69, 9.17) is 19.7 Å². The van der Waals surface area contributed by atoms with Gasteiger partial charge in [-0.25, -0.2) is 4.39 Å². The fourth-order valence-electron chi connectivity index (χ4n) is 2.19. The van der Waals surface area contributed by atoms with Crippen LogP contribution in [0.25, 0.3) is 11.4 Å². The number of benzene rings is 1. The van der Waals surface area contributed by atoms with Crippen LogP contribution < -0.4 is 15.2 Å². The summed E-state index contributed by atoms with van der Waals surface area (Å²) in [6.07, 6.45) is -0.415. The molecule has 112 valence electrons. The summed E-state index contributed by atoms with van der Waals surface area (Å²) in [5.41, 5.74) is 6.42. The molecule has 1 aromatic carbocycles. The average Bonchev–Trinajstić information content (AvgIpc) is 2.84. The molecule has 0 fully saturated rings. The first-order valence-corrected chi connectivity index (χ1v) is 6.79. The smallest absolute Gasteiger partial charge is 0.240 e. The second-order valence-corrected chi connectivity index (χ2v) is 4.77. The number of ether oxygens (including phenoxy) is 2. The third-order valence-electron chi connectivity index (χ3n) is 3.23. The summed E-state index contributed by atoms with van der Waals surface area (Å²) in [5, 5.41) is 3.84. The molecule has 6 nitrogen and oxygen atoms in total. The Labute approximate surface area is 121 Å². The van der Waals surface area contributed by atoms with E-state index in [0.29, 0.717) is 47.6 Å². The van der Waals surface area contributed by atoms with Crippen molar-refractivity contribution in [3.05, 3.63) is 23.6 Å². The van der Waals surface area contributed by atoms with E-state index in [-0.39, 0.29) is 6.54 Å². The first-order chi connectivity index (χ1) is 10.2. The number of hydrogen-bond donors (Lipinski definition) is 1. The number of fused-ring (bicyclic) bond motifs is 1. The number of rotatable bonds is 3. The lowest BCUT2D eigenvalue weighted by Gasteiger charge is -2.13. The molecule has 0 radical (unpaired) electrons. The minimum absolute atomic E-state index is 0.137. The first kappa shape index (κ1) is 13.8. The van der Waals surface area contributed by atoms with Crippen molar-refractivity contribution in [3.8, 4) is 22.9 Å². The molecule has 2 N–H and O–H groups in total. The molecular formula is C14H16FN3O3. The van der Waals surface area contributed by atoms with Crippen LogP contribution in [0.2, 0.25) is 0 Å². The van der Waals surface area contributed by atoms with E-state index in [1.54, 1.807) is 12.1 Å². The zero-order valence-corrected chi connectivity index (χ0v) is 11.6. The molecule has 0 spiro atoms. The highest BCUT2D eigenvalue weighted by Crippen LogP contribution is 2.39. The minimum atomic E-state index is -1.20. The largest absolute Gasteiger partial charge is 0.490 e. The molecule has 2 heterocycles. The van der Waals surface area contributed by atoms with Crippen molar-refractivity contribution in [3.63, 3.8) is 0 Å². The van der Waals surface area contributed by atoms with E-state index in [0.717, 1.165) is 6.42 Å². The lowest BCUT2D eigenvalue weighted by molar-refractivity contribution is 0.296. The number of hydrogen-bond acceptors (Lipinski definition) is 6. The van der Waals surface area contributed by atoms with Crippen molar-refractivity contribution in [2.75, 3.05) is 13.2 Å². The van der Waals surface area contributed by atoms with Crippen LogP contribution in [0.3, 0.4) is 0 Å². The molecular weight excluding hydrogens is 277 g/mol. The van der Waals surface area contributed by atoms with Gasteiger partial charge in [-0.05, 0) is 19.1 Å². The van der Waals surface area contributed by atoms with E-state index < -0.39 is 6.17 Å². The second-order valence-electron chi connectivity index (χ2n) is 4.77. The van der Waals surface area contributed by atoms with Gasteiger partial charge in [0.1, 0.15) is 6.17 Å². The van der Waals surface area contributed by atoms with Crippen molar-refractivity contribution in [1.29, 1.82) is 0 Å². The van der Waals surface area contributed by atoms with Crippen molar-refractivity contribution in [2.45, 2.75) is 26.1 Å². The van der Waals surface area contributed by atoms with Crippen LogP contribution in [-0.4, -0.2) is 23.4 Å². The van der Waals surface area contributed by atoms with Crippen LogP contribution in [0.4, 0.5) is 4.39 Å². The predicted molar refractivity (Wildman–Crippen MR) is 72.8 cm³/mol. The van der Waals surface area contributed by atoms with Gasteiger partial charge in [-0.2, -0.15) is 4.98 Å². The fourth-order valence-corrected chi connectivity index (χ4v) is 2.19. The Morgan fingerprint density at radius 3 is 2.62 bits per heavy atom. The molecule has 1 aromatic heterocycles. The third kappa shape index (κ3) is 2.69.